The summed E-state index contributed by atoms with van der Waals surface area (Å²) >= 11 is 12.1. The normalized spacial score (nSPS) is 11.8. The summed E-state index contributed by atoms with van der Waals surface area (Å²) in [5.41, 5.74) is 3.33. The largest absolute Gasteiger partial charge is 0.489 e. The van der Waals surface area contributed by atoms with E-state index in [2.05, 4.69) is 16.0 Å². The predicted octanol–water partition coefficient (Wildman–Crippen LogP) is 5.02. The van der Waals surface area contributed by atoms with Crippen LogP contribution in [0.15, 0.2) is 53.9 Å². The fourth-order valence-electron chi connectivity index (χ4n) is 3.23. The number of benzene rings is 2. The summed E-state index contributed by atoms with van der Waals surface area (Å²) in [5.74, 6) is 0.630. The minimum atomic E-state index is -3.45. The average Bonchev–Trinajstić information content (AvgIpc) is 2.77. The van der Waals surface area contributed by atoms with Gasteiger partial charge in [-0.1, -0.05) is 49.7 Å². The molecule has 3 rings (SSSR count). The van der Waals surface area contributed by atoms with Gasteiger partial charge in [-0.05, 0) is 28.8 Å². The van der Waals surface area contributed by atoms with E-state index >= 15 is 0 Å². The van der Waals surface area contributed by atoms with Crippen molar-refractivity contribution in [2.24, 2.45) is 0 Å². The van der Waals surface area contributed by atoms with E-state index in [-0.39, 0.29) is 11.8 Å². The number of hydrogen-bond acceptors (Lipinski definition) is 6. The molecule has 0 aliphatic heterocycles. The van der Waals surface area contributed by atoms with Crippen LogP contribution in [0.5, 0.6) is 5.75 Å². The zero-order valence-corrected chi connectivity index (χ0v) is 20.1. The maximum Gasteiger partial charge on any atom is 0.246 e. The molecule has 0 amide bonds. The van der Waals surface area contributed by atoms with Crippen molar-refractivity contribution < 1.29 is 13.2 Å². The Kier molecular flexibility index (Phi) is 7.09. The molecular weight excluding hydrogens is 469 g/mol. The minimum absolute atomic E-state index is 0.206. The van der Waals surface area contributed by atoms with Crippen molar-refractivity contribution in [3.63, 3.8) is 0 Å². The summed E-state index contributed by atoms with van der Waals surface area (Å²) in [5, 5.41) is 9.72. The molecule has 0 aliphatic carbocycles. The number of alkyl halides is 1. The van der Waals surface area contributed by atoms with Crippen LogP contribution in [-0.4, -0.2) is 37.1 Å². The number of sulfone groups is 1. The molecule has 6 nitrogen and oxygen atoms in total. The van der Waals surface area contributed by atoms with Crippen molar-refractivity contribution in [2.75, 3.05) is 18.7 Å². The highest BCUT2D eigenvalue weighted by Crippen LogP contribution is 2.38. The fraction of sp³-hybridized carbons (Fsp3) is 0.261. The lowest BCUT2D eigenvalue weighted by atomic mass is 9.77. The van der Waals surface area contributed by atoms with Crippen molar-refractivity contribution in [3.8, 4) is 22.9 Å². The molecule has 9 heteroatoms. The quantitative estimate of drug-likeness (QED) is 0.341. The maximum atomic E-state index is 11.5. The molecule has 0 saturated carbocycles. The van der Waals surface area contributed by atoms with Crippen LogP contribution < -0.4 is 4.74 Å². The Labute approximate surface area is 197 Å². The van der Waals surface area contributed by atoms with Crippen LogP contribution in [-0.2, 0) is 15.3 Å². The number of aromatic nitrogens is 2. The van der Waals surface area contributed by atoms with Crippen LogP contribution in [0.1, 0.15) is 30.5 Å². The first-order valence-electron chi connectivity index (χ1n) is 9.64. The molecule has 3 aromatic rings. The number of rotatable bonds is 7. The molecule has 32 heavy (non-hydrogen) atoms. The Morgan fingerprint density at radius 1 is 1.06 bits per heavy atom. The van der Waals surface area contributed by atoms with Gasteiger partial charge in [-0.2, -0.15) is 5.26 Å². The topological polar surface area (TPSA) is 92.9 Å². The summed E-state index contributed by atoms with van der Waals surface area (Å²) in [6.45, 7) is 4.34. The number of nitrogens with zero attached hydrogens (tertiary/aromatic N) is 3. The van der Waals surface area contributed by atoms with E-state index in [4.69, 9.17) is 27.9 Å². The van der Waals surface area contributed by atoms with Gasteiger partial charge >= 0.3 is 0 Å². The zero-order chi connectivity index (χ0) is 23.5. The van der Waals surface area contributed by atoms with Crippen molar-refractivity contribution in [1.82, 2.24) is 9.97 Å². The second-order valence-corrected chi connectivity index (χ2v) is 10.4. The second kappa shape index (κ2) is 9.45. The van der Waals surface area contributed by atoms with Crippen LogP contribution in [0, 0.1) is 11.3 Å². The Hall–Kier alpha value is -2.66. The smallest absolute Gasteiger partial charge is 0.246 e. The van der Waals surface area contributed by atoms with E-state index in [0.717, 1.165) is 22.9 Å². The zero-order valence-electron chi connectivity index (χ0n) is 17.8. The monoisotopic (exact) mass is 489 g/mol. The number of nitriles is 1. The average molecular weight is 490 g/mol. The first-order chi connectivity index (χ1) is 15.1. The third-order valence-corrected chi connectivity index (χ3v) is 6.42. The van der Waals surface area contributed by atoms with Crippen molar-refractivity contribution in [1.29, 1.82) is 5.26 Å². The summed E-state index contributed by atoms with van der Waals surface area (Å²) < 4.78 is 28.6. The van der Waals surface area contributed by atoms with Crippen LogP contribution in [0.25, 0.3) is 11.1 Å². The molecule has 2 aromatic carbocycles. The molecule has 0 N–H and O–H groups in total. The molecule has 0 bridgehead atoms. The fourth-order valence-corrected chi connectivity index (χ4v) is 4.07. The summed E-state index contributed by atoms with van der Waals surface area (Å²) in [6.07, 6.45) is 4.05. The highest BCUT2D eigenvalue weighted by Gasteiger charge is 2.26. The third-order valence-electron chi connectivity index (χ3n) is 5.11. The van der Waals surface area contributed by atoms with E-state index in [1.54, 1.807) is 12.1 Å². The van der Waals surface area contributed by atoms with Crippen molar-refractivity contribution in [3.05, 3.63) is 70.5 Å². The first kappa shape index (κ1) is 24.0. The van der Waals surface area contributed by atoms with Crippen LogP contribution >= 0.6 is 23.2 Å². The van der Waals surface area contributed by atoms with Crippen LogP contribution in [0.4, 0.5) is 0 Å². The molecule has 0 saturated heterocycles. The lowest BCUT2D eigenvalue weighted by molar-refractivity contribution is 0.341. The molecule has 1 heterocycles. The third kappa shape index (κ3) is 5.04. The van der Waals surface area contributed by atoms with E-state index in [1.807, 2.05) is 38.1 Å². The summed E-state index contributed by atoms with van der Waals surface area (Å²) in [7, 11) is -3.45. The molecule has 1 aromatic heterocycles. The van der Waals surface area contributed by atoms with Gasteiger partial charge in [0, 0.05) is 29.6 Å². The molecule has 0 radical (unpaired) electrons. The molecule has 166 valence electrons. The van der Waals surface area contributed by atoms with Gasteiger partial charge in [0.15, 0.2) is 5.75 Å². The second-order valence-electron chi connectivity index (χ2n) is 7.71. The molecular formula is C23H21Cl2N3O3S. The van der Waals surface area contributed by atoms with Crippen LogP contribution in [0.2, 0.25) is 5.02 Å². The highest BCUT2D eigenvalue weighted by atomic mass is 35.5. The lowest BCUT2D eigenvalue weighted by Crippen LogP contribution is -2.19. The predicted molar refractivity (Wildman–Crippen MR) is 125 cm³/mol. The lowest BCUT2D eigenvalue weighted by Gasteiger charge is -2.27. The Balaban J connectivity index is 1.93. The van der Waals surface area contributed by atoms with E-state index in [9.17, 15) is 13.7 Å². The highest BCUT2D eigenvalue weighted by molar-refractivity contribution is 7.90. The van der Waals surface area contributed by atoms with Crippen molar-refractivity contribution >= 4 is 33.0 Å². The first-order valence-corrected chi connectivity index (χ1v) is 12.4. The summed E-state index contributed by atoms with van der Waals surface area (Å²) in [4.78, 5) is 7.88. The number of ether oxygens (including phenoxy) is 1. The van der Waals surface area contributed by atoms with Gasteiger partial charge in [-0.15, -0.1) is 11.6 Å². The van der Waals surface area contributed by atoms with E-state index < -0.39 is 15.3 Å². The molecule has 0 spiro atoms. The van der Waals surface area contributed by atoms with Crippen LogP contribution in [0.3, 0.4) is 0 Å². The maximum absolute atomic E-state index is 11.5. The van der Waals surface area contributed by atoms with Gasteiger partial charge in [0.2, 0.25) is 15.0 Å². The number of halogens is 2. The molecule has 0 aliphatic rings. The summed E-state index contributed by atoms with van der Waals surface area (Å²) in [6, 6.07) is 13.5. The van der Waals surface area contributed by atoms with Gasteiger partial charge in [0.05, 0.1) is 16.5 Å². The Morgan fingerprint density at radius 2 is 1.69 bits per heavy atom. The minimum Gasteiger partial charge on any atom is -0.489 e. The van der Waals surface area contributed by atoms with Gasteiger partial charge in [0.1, 0.15) is 12.7 Å². The van der Waals surface area contributed by atoms with Crippen molar-refractivity contribution in [2.45, 2.75) is 24.4 Å². The molecule has 0 fully saturated rings. The van der Waals surface area contributed by atoms with Gasteiger partial charge in [-0.3, -0.25) is 0 Å². The van der Waals surface area contributed by atoms with Gasteiger partial charge in [0.25, 0.3) is 0 Å². The Bertz CT molecular complexity index is 1270. The van der Waals surface area contributed by atoms with E-state index in [0.29, 0.717) is 27.8 Å². The number of hydrogen-bond donors (Lipinski definition) is 0. The Morgan fingerprint density at radius 3 is 2.22 bits per heavy atom. The van der Waals surface area contributed by atoms with E-state index in [1.165, 1.54) is 12.4 Å². The molecule has 0 atom stereocenters. The van der Waals surface area contributed by atoms with Gasteiger partial charge in [-0.25, -0.2) is 18.4 Å². The van der Waals surface area contributed by atoms with Gasteiger partial charge < -0.3 is 4.74 Å². The standard InChI is InChI=1S/C23H21Cl2N3O3S/c1-23(2,19-10-16(12-26)21(20(25)11-19)31-9-8-24)18-6-4-15(5-7-18)17-13-27-22(28-14-17)32(3,29)30/h4-7,10-11,13-14H,8-9H2,1-3H3. The SMILES string of the molecule is CC(C)(c1ccc(-c2cnc(S(C)(=O)=O)nc2)cc1)c1cc(Cl)c(OCCCl)c(C#N)c1. The molecule has 0 unspecified atom stereocenters.